The molecular formula is C16H26. The van der Waals surface area contributed by atoms with Gasteiger partial charge in [0.25, 0.3) is 0 Å². The number of hydrogen-bond donors (Lipinski definition) is 0. The molecule has 0 saturated heterocycles. The first-order valence-electron chi connectivity index (χ1n) is 6.37. The van der Waals surface area contributed by atoms with Crippen molar-refractivity contribution in [1.82, 2.24) is 0 Å². The summed E-state index contributed by atoms with van der Waals surface area (Å²) in [6.45, 7) is 13.7. The van der Waals surface area contributed by atoms with Crippen molar-refractivity contribution in [3.63, 3.8) is 0 Å². The molecule has 1 aromatic carbocycles. The van der Waals surface area contributed by atoms with Crippen molar-refractivity contribution in [2.24, 2.45) is 5.41 Å². The third kappa shape index (κ3) is 4.00. The van der Waals surface area contributed by atoms with Crippen LogP contribution in [0.2, 0.25) is 0 Å². The van der Waals surface area contributed by atoms with E-state index in [0.717, 1.165) is 0 Å². The van der Waals surface area contributed by atoms with E-state index in [0.29, 0.717) is 11.3 Å². The van der Waals surface area contributed by atoms with Gasteiger partial charge >= 0.3 is 0 Å². The van der Waals surface area contributed by atoms with Crippen molar-refractivity contribution in [2.75, 3.05) is 0 Å². The lowest BCUT2D eigenvalue weighted by atomic mass is 9.84. The third-order valence-corrected chi connectivity index (χ3v) is 3.28. The van der Waals surface area contributed by atoms with Crippen LogP contribution in [-0.2, 0) is 0 Å². The Hall–Kier alpha value is -0.780. The summed E-state index contributed by atoms with van der Waals surface area (Å²) in [6, 6.07) is 6.83. The van der Waals surface area contributed by atoms with Crippen LogP contribution in [0.25, 0.3) is 0 Å². The lowest BCUT2D eigenvalue weighted by molar-refractivity contribution is 0.352. The van der Waals surface area contributed by atoms with E-state index in [4.69, 9.17) is 0 Å². The van der Waals surface area contributed by atoms with Crippen LogP contribution in [0.4, 0.5) is 0 Å². The standard InChI is InChI=1S/C16H26/c1-12-7-8-15(14(3)11-12)13(2)9-10-16(4,5)6/h7-8,11,13H,9-10H2,1-6H3/t13-/m1/s1. The summed E-state index contributed by atoms with van der Waals surface area (Å²) in [4.78, 5) is 0. The molecule has 1 atom stereocenters. The fourth-order valence-electron chi connectivity index (χ4n) is 2.18. The van der Waals surface area contributed by atoms with Gasteiger partial charge < -0.3 is 0 Å². The summed E-state index contributed by atoms with van der Waals surface area (Å²) in [5.41, 5.74) is 4.79. The summed E-state index contributed by atoms with van der Waals surface area (Å²) in [7, 11) is 0. The molecule has 0 aromatic heterocycles. The van der Waals surface area contributed by atoms with Crippen LogP contribution < -0.4 is 0 Å². The molecule has 16 heavy (non-hydrogen) atoms. The van der Waals surface area contributed by atoms with Gasteiger partial charge in [-0.1, -0.05) is 51.5 Å². The van der Waals surface area contributed by atoms with Crippen molar-refractivity contribution in [1.29, 1.82) is 0 Å². The van der Waals surface area contributed by atoms with Crippen molar-refractivity contribution in [3.8, 4) is 0 Å². The molecule has 0 fully saturated rings. The number of aryl methyl sites for hydroxylation is 2. The van der Waals surface area contributed by atoms with Gasteiger partial charge in [0.2, 0.25) is 0 Å². The average molecular weight is 218 g/mol. The Morgan fingerprint density at radius 2 is 1.75 bits per heavy atom. The van der Waals surface area contributed by atoms with Gasteiger partial charge in [-0.3, -0.25) is 0 Å². The van der Waals surface area contributed by atoms with Crippen LogP contribution in [-0.4, -0.2) is 0 Å². The second kappa shape index (κ2) is 5.03. The fourth-order valence-corrected chi connectivity index (χ4v) is 2.18. The van der Waals surface area contributed by atoms with Crippen LogP contribution in [0.1, 0.15) is 63.1 Å². The van der Waals surface area contributed by atoms with Crippen LogP contribution in [0.3, 0.4) is 0 Å². The molecule has 0 amide bonds. The maximum Gasteiger partial charge on any atom is -0.0188 e. The molecule has 0 aliphatic rings. The Bertz CT molecular complexity index is 342. The van der Waals surface area contributed by atoms with Gasteiger partial charge in [-0.05, 0) is 49.1 Å². The highest BCUT2D eigenvalue weighted by molar-refractivity contribution is 5.32. The van der Waals surface area contributed by atoms with E-state index < -0.39 is 0 Å². The molecule has 0 unspecified atom stereocenters. The molecule has 0 saturated carbocycles. The summed E-state index contributed by atoms with van der Waals surface area (Å²) in [5, 5.41) is 0. The molecule has 1 aromatic rings. The molecule has 0 N–H and O–H groups in total. The minimum atomic E-state index is 0.451. The van der Waals surface area contributed by atoms with E-state index in [1.54, 1.807) is 0 Å². The number of hydrogen-bond acceptors (Lipinski definition) is 0. The van der Waals surface area contributed by atoms with Gasteiger partial charge in [-0.2, -0.15) is 0 Å². The van der Waals surface area contributed by atoms with Gasteiger partial charge in [0.05, 0.1) is 0 Å². The Morgan fingerprint density at radius 1 is 1.12 bits per heavy atom. The maximum absolute atomic E-state index is 2.35. The van der Waals surface area contributed by atoms with Crippen LogP contribution >= 0.6 is 0 Å². The first-order valence-corrected chi connectivity index (χ1v) is 6.37. The van der Waals surface area contributed by atoms with Crippen molar-refractivity contribution in [2.45, 2.75) is 60.3 Å². The minimum absolute atomic E-state index is 0.451. The molecule has 0 nitrogen and oxygen atoms in total. The highest BCUT2D eigenvalue weighted by Crippen LogP contribution is 2.30. The molecule has 0 bridgehead atoms. The van der Waals surface area contributed by atoms with Gasteiger partial charge in [0, 0.05) is 0 Å². The Labute approximate surface area is 101 Å². The zero-order chi connectivity index (χ0) is 12.3. The zero-order valence-corrected chi connectivity index (χ0v) is 11.7. The zero-order valence-electron chi connectivity index (χ0n) is 11.7. The normalized spacial score (nSPS) is 13.9. The molecule has 0 heterocycles. The van der Waals surface area contributed by atoms with Crippen molar-refractivity contribution < 1.29 is 0 Å². The van der Waals surface area contributed by atoms with Gasteiger partial charge in [0.15, 0.2) is 0 Å². The highest BCUT2D eigenvalue weighted by atomic mass is 14.2. The smallest absolute Gasteiger partial charge is 0.0188 e. The topological polar surface area (TPSA) is 0 Å². The van der Waals surface area contributed by atoms with E-state index in [2.05, 4.69) is 59.7 Å². The number of rotatable bonds is 3. The minimum Gasteiger partial charge on any atom is -0.0602 e. The number of benzene rings is 1. The van der Waals surface area contributed by atoms with Gasteiger partial charge in [-0.15, -0.1) is 0 Å². The monoisotopic (exact) mass is 218 g/mol. The lowest BCUT2D eigenvalue weighted by Crippen LogP contribution is -2.07. The molecule has 90 valence electrons. The molecule has 0 spiro atoms. The van der Waals surface area contributed by atoms with Gasteiger partial charge in [-0.25, -0.2) is 0 Å². The molecule has 0 radical (unpaired) electrons. The molecule has 1 rings (SSSR count). The van der Waals surface area contributed by atoms with Crippen LogP contribution in [0.15, 0.2) is 18.2 Å². The van der Waals surface area contributed by atoms with Crippen molar-refractivity contribution in [3.05, 3.63) is 34.9 Å². The third-order valence-electron chi connectivity index (χ3n) is 3.28. The SMILES string of the molecule is Cc1ccc([C@H](C)CCC(C)(C)C)c(C)c1. The molecule has 0 aliphatic carbocycles. The summed E-state index contributed by atoms with van der Waals surface area (Å²) in [6.07, 6.45) is 2.58. The Balaban J connectivity index is 2.70. The summed E-state index contributed by atoms with van der Waals surface area (Å²) < 4.78 is 0. The van der Waals surface area contributed by atoms with Crippen molar-refractivity contribution >= 4 is 0 Å². The van der Waals surface area contributed by atoms with E-state index in [1.165, 1.54) is 29.5 Å². The summed E-state index contributed by atoms with van der Waals surface area (Å²) >= 11 is 0. The quantitative estimate of drug-likeness (QED) is 0.651. The largest absolute Gasteiger partial charge is 0.0602 e. The van der Waals surface area contributed by atoms with E-state index in [1.807, 2.05) is 0 Å². The molecule has 0 heteroatoms. The Morgan fingerprint density at radius 3 is 2.25 bits per heavy atom. The van der Waals surface area contributed by atoms with E-state index in [9.17, 15) is 0 Å². The van der Waals surface area contributed by atoms with Crippen LogP contribution in [0, 0.1) is 19.3 Å². The second-order valence-corrected chi connectivity index (χ2v) is 6.36. The maximum atomic E-state index is 2.35. The van der Waals surface area contributed by atoms with Gasteiger partial charge in [0.1, 0.15) is 0 Å². The summed E-state index contributed by atoms with van der Waals surface area (Å²) in [5.74, 6) is 0.680. The highest BCUT2D eigenvalue weighted by Gasteiger charge is 2.14. The lowest BCUT2D eigenvalue weighted by Gasteiger charge is -2.22. The predicted molar refractivity (Wildman–Crippen MR) is 73.0 cm³/mol. The predicted octanol–water partition coefficient (Wildman–Crippen LogP) is 5.23. The second-order valence-electron chi connectivity index (χ2n) is 6.36. The molecule has 0 aliphatic heterocycles. The average Bonchev–Trinajstić information content (AvgIpc) is 2.13. The van der Waals surface area contributed by atoms with Crippen LogP contribution in [0.5, 0.6) is 0 Å². The Kier molecular flexibility index (Phi) is 4.18. The van der Waals surface area contributed by atoms with E-state index >= 15 is 0 Å². The first kappa shape index (κ1) is 13.3. The first-order chi connectivity index (χ1) is 7.29. The van der Waals surface area contributed by atoms with E-state index in [-0.39, 0.29) is 0 Å². The fraction of sp³-hybridized carbons (Fsp3) is 0.625. The molecular weight excluding hydrogens is 192 g/mol.